The number of hydrogen-bond donors (Lipinski definition) is 1. The Morgan fingerprint density at radius 2 is 1.91 bits per heavy atom. The maximum Gasteiger partial charge on any atom is 0.341 e. The van der Waals surface area contributed by atoms with E-state index in [1.807, 2.05) is 37.3 Å². The van der Waals surface area contributed by atoms with E-state index in [4.69, 9.17) is 19.6 Å². The average molecular weight is 469 g/mol. The molecule has 0 saturated carbocycles. The summed E-state index contributed by atoms with van der Waals surface area (Å²) in [7, 11) is 0. The molecule has 1 saturated heterocycles. The monoisotopic (exact) mass is 468 g/mol. The van der Waals surface area contributed by atoms with Gasteiger partial charge < -0.3 is 14.6 Å². The second kappa shape index (κ2) is 11.6. The van der Waals surface area contributed by atoms with E-state index in [-0.39, 0.29) is 5.91 Å². The highest BCUT2D eigenvalue weighted by Crippen LogP contribution is 2.36. The van der Waals surface area contributed by atoms with Crippen LogP contribution in [0.15, 0.2) is 58.4 Å². The maximum absolute atomic E-state index is 13.3. The molecule has 0 bridgehead atoms. The third-order valence-electron chi connectivity index (χ3n) is 4.98. The van der Waals surface area contributed by atoms with Crippen molar-refractivity contribution in [3.63, 3.8) is 0 Å². The van der Waals surface area contributed by atoms with E-state index in [1.165, 1.54) is 11.8 Å². The topological polar surface area (TPSA) is 88.4 Å². The van der Waals surface area contributed by atoms with Crippen molar-refractivity contribution in [2.75, 3.05) is 19.8 Å². The van der Waals surface area contributed by atoms with Gasteiger partial charge in [-0.05, 0) is 60.5 Å². The summed E-state index contributed by atoms with van der Waals surface area (Å²) in [5, 5.41) is 9.53. The molecule has 1 N–H and O–H groups in total. The number of carbonyl (C=O) groups is 2. The van der Waals surface area contributed by atoms with Crippen molar-refractivity contribution >= 4 is 40.6 Å². The number of amides is 1. The number of carbonyl (C=O) groups excluding carboxylic acids is 1. The first-order valence-corrected chi connectivity index (χ1v) is 11.7. The second-order valence-electron chi connectivity index (χ2n) is 7.59. The Labute approximate surface area is 198 Å². The first-order chi connectivity index (χ1) is 15.9. The zero-order valence-electron chi connectivity index (χ0n) is 19.0. The predicted octanol–water partition coefficient (Wildman–Crippen LogP) is 5.20. The number of carboxylic acids is 1. The molecule has 0 radical (unpaired) electrons. The third kappa shape index (κ3) is 6.61. The molecule has 3 rings (SSSR count). The standard InChI is InChI=1S/C25H28N2O5S/c1-4-17(3)15-27-24(30)22(33-25(27)26-19-9-7-6-8-10-19)14-18-11-12-20(32-16-23(28)29)21(13-18)31-5-2/h6-14,17H,4-5,15-16H2,1-3H3,(H,28,29). The van der Waals surface area contributed by atoms with Gasteiger partial charge in [-0.3, -0.25) is 9.69 Å². The lowest BCUT2D eigenvalue weighted by Crippen LogP contribution is -2.33. The highest BCUT2D eigenvalue weighted by Gasteiger charge is 2.34. The Morgan fingerprint density at radius 3 is 2.58 bits per heavy atom. The van der Waals surface area contributed by atoms with Gasteiger partial charge in [0.05, 0.1) is 17.2 Å². The Balaban J connectivity index is 1.92. The number of amidine groups is 1. The predicted molar refractivity (Wildman–Crippen MR) is 131 cm³/mol. The van der Waals surface area contributed by atoms with E-state index in [1.54, 1.807) is 29.2 Å². The van der Waals surface area contributed by atoms with Crippen LogP contribution >= 0.6 is 11.8 Å². The number of carboxylic acid groups (broad SMARTS) is 1. The Hall–Kier alpha value is -3.26. The Kier molecular flexibility index (Phi) is 8.54. The fourth-order valence-electron chi connectivity index (χ4n) is 3.10. The van der Waals surface area contributed by atoms with Crippen LogP contribution in [0.2, 0.25) is 0 Å². The van der Waals surface area contributed by atoms with Crippen LogP contribution in [0.25, 0.3) is 6.08 Å². The lowest BCUT2D eigenvalue weighted by atomic mass is 10.1. The molecule has 2 aromatic rings. The van der Waals surface area contributed by atoms with E-state index in [0.717, 1.165) is 17.7 Å². The molecule has 1 heterocycles. The summed E-state index contributed by atoms with van der Waals surface area (Å²) >= 11 is 1.34. The number of thioether (sulfide) groups is 1. The summed E-state index contributed by atoms with van der Waals surface area (Å²) in [6.45, 7) is 6.59. The Bertz CT molecular complexity index is 1050. The molecule has 1 aliphatic heterocycles. The first kappa shape index (κ1) is 24.4. The number of hydrogen-bond acceptors (Lipinski definition) is 6. The normalized spacial score (nSPS) is 16.9. The third-order valence-corrected chi connectivity index (χ3v) is 5.98. The van der Waals surface area contributed by atoms with Gasteiger partial charge in [0.2, 0.25) is 0 Å². The molecule has 174 valence electrons. The van der Waals surface area contributed by atoms with E-state index >= 15 is 0 Å². The molecule has 1 unspecified atom stereocenters. The molecule has 33 heavy (non-hydrogen) atoms. The van der Waals surface area contributed by atoms with Gasteiger partial charge in [0.25, 0.3) is 5.91 Å². The van der Waals surface area contributed by atoms with Gasteiger partial charge in [0, 0.05) is 6.54 Å². The molecule has 8 heteroatoms. The van der Waals surface area contributed by atoms with Crippen LogP contribution in [0.3, 0.4) is 0 Å². The van der Waals surface area contributed by atoms with E-state index in [2.05, 4.69) is 13.8 Å². The zero-order chi connectivity index (χ0) is 23.8. The summed E-state index contributed by atoms with van der Waals surface area (Å²) in [4.78, 5) is 31.1. The van der Waals surface area contributed by atoms with Crippen molar-refractivity contribution < 1.29 is 24.2 Å². The molecular weight excluding hydrogens is 440 g/mol. The molecule has 0 spiro atoms. The van der Waals surface area contributed by atoms with Gasteiger partial charge >= 0.3 is 5.97 Å². The molecule has 0 aromatic heterocycles. The summed E-state index contributed by atoms with van der Waals surface area (Å²) in [6, 6.07) is 14.7. The van der Waals surface area contributed by atoms with Crippen molar-refractivity contribution in [2.45, 2.75) is 27.2 Å². The minimum atomic E-state index is -1.07. The summed E-state index contributed by atoms with van der Waals surface area (Å²) in [5.74, 6) is -0.0396. The van der Waals surface area contributed by atoms with E-state index < -0.39 is 12.6 Å². The molecule has 1 fully saturated rings. The fraction of sp³-hybridized carbons (Fsp3) is 0.320. The van der Waals surface area contributed by atoms with Crippen LogP contribution in [0.4, 0.5) is 5.69 Å². The molecule has 2 aromatic carbocycles. The van der Waals surface area contributed by atoms with Gasteiger partial charge in [0.15, 0.2) is 23.3 Å². The minimum absolute atomic E-state index is 0.0841. The van der Waals surface area contributed by atoms with Crippen molar-refractivity contribution in [3.05, 3.63) is 59.0 Å². The van der Waals surface area contributed by atoms with Gasteiger partial charge in [-0.25, -0.2) is 9.79 Å². The number of para-hydroxylation sites is 1. The second-order valence-corrected chi connectivity index (χ2v) is 8.60. The summed E-state index contributed by atoms with van der Waals surface area (Å²) in [6.07, 6.45) is 2.76. The van der Waals surface area contributed by atoms with Crippen molar-refractivity contribution in [1.29, 1.82) is 0 Å². The van der Waals surface area contributed by atoms with Crippen LogP contribution < -0.4 is 9.47 Å². The number of nitrogens with zero attached hydrogens (tertiary/aromatic N) is 2. The minimum Gasteiger partial charge on any atom is -0.490 e. The van der Waals surface area contributed by atoms with Crippen molar-refractivity contribution in [2.24, 2.45) is 10.9 Å². The molecular formula is C25H28N2O5S. The molecule has 0 aliphatic carbocycles. The largest absolute Gasteiger partial charge is 0.490 e. The van der Waals surface area contributed by atoms with Crippen LogP contribution in [0, 0.1) is 5.92 Å². The molecule has 7 nitrogen and oxygen atoms in total. The SMILES string of the molecule is CCOc1cc(C=C2SC(=Nc3ccccc3)N(CC(C)CC)C2=O)ccc1OCC(=O)O. The van der Waals surface area contributed by atoms with Crippen LogP contribution in [-0.2, 0) is 9.59 Å². The molecule has 1 amide bonds. The fourth-order valence-corrected chi connectivity index (χ4v) is 4.11. The first-order valence-electron chi connectivity index (χ1n) is 10.9. The highest BCUT2D eigenvalue weighted by atomic mass is 32.2. The maximum atomic E-state index is 13.3. The van der Waals surface area contributed by atoms with Crippen LogP contribution in [0.5, 0.6) is 11.5 Å². The smallest absolute Gasteiger partial charge is 0.341 e. The van der Waals surface area contributed by atoms with Crippen LogP contribution in [0.1, 0.15) is 32.8 Å². The number of rotatable bonds is 10. The van der Waals surface area contributed by atoms with Crippen LogP contribution in [-0.4, -0.2) is 46.8 Å². The van der Waals surface area contributed by atoms with E-state index in [0.29, 0.717) is 40.6 Å². The average Bonchev–Trinajstić information content (AvgIpc) is 3.08. The quantitative estimate of drug-likeness (QED) is 0.482. The van der Waals surface area contributed by atoms with Crippen molar-refractivity contribution in [3.8, 4) is 11.5 Å². The highest BCUT2D eigenvalue weighted by molar-refractivity contribution is 8.18. The number of aliphatic carboxylic acids is 1. The zero-order valence-corrected chi connectivity index (χ0v) is 19.8. The Morgan fingerprint density at radius 1 is 1.15 bits per heavy atom. The van der Waals surface area contributed by atoms with E-state index in [9.17, 15) is 9.59 Å². The van der Waals surface area contributed by atoms with Gasteiger partial charge in [0.1, 0.15) is 0 Å². The van der Waals surface area contributed by atoms with Gasteiger partial charge in [-0.2, -0.15) is 0 Å². The lowest BCUT2D eigenvalue weighted by molar-refractivity contribution is -0.139. The van der Waals surface area contributed by atoms with Gasteiger partial charge in [-0.1, -0.05) is 44.5 Å². The molecule has 1 atom stereocenters. The molecule has 1 aliphatic rings. The lowest BCUT2D eigenvalue weighted by Gasteiger charge is -2.19. The number of benzene rings is 2. The number of ether oxygens (including phenoxy) is 2. The summed E-state index contributed by atoms with van der Waals surface area (Å²) < 4.78 is 10.9. The van der Waals surface area contributed by atoms with Gasteiger partial charge in [-0.15, -0.1) is 0 Å². The number of aliphatic imine (C=N–C) groups is 1. The van der Waals surface area contributed by atoms with Crippen molar-refractivity contribution in [1.82, 2.24) is 4.90 Å². The summed E-state index contributed by atoms with van der Waals surface area (Å²) in [5.41, 5.74) is 1.54.